The lowest BCUT2D eigenvalue weighted by Crippen LogP contribution is -2.64. The van der Waals surface area contributed by atoms with E-state index in [1.54, 1.807) is 0 Å². The molecular formula is C9H18N2S. The largest absolute Gasteiger partial charge is 0.313 e. The van der Waals surface area contributed by atoms with Gasteiger partial charge < -0.3 is 10.6 Å². The Labute approximate surface area is 78.9 Å². The summed E-state index contributed by atoms with van der Waals surface area (Å²) in [6, 6.07) is 0.654. The van der Waals surface area contributed by atoms with Crippen LogP contribution in [0, 0.1) is 0 Å². The second kappa shape index (κ2) is 3.56. The van der Waals surface area contributed by atoms with Gasteiger partial charge >= 0.3 is 0 Å². The smallest absolute Gasteiger partial charge is 0.0324 e. The minimum absolute atomic E-state index is 0.447. The second-order valence-electron chi connectivity index (χ2n) is 4.07. The van der Waals surface area contributed by atoms with Crippen LogP contribution >= 0.6 is 11.8 Å². The van der Waals surface area contributed by atoms with E-state index < -0.39 is 0 Å². The molecule has 1 atom stereocenters. The molecule has 2 rings (SSSR count). The summed E-state index contributed by atoms with van der Waals surface area (Å²) < 4.78 is 0. The monoisotopic (exact) mass is 186 g/mol. The van der Waals surface area contributed by atoms with Crippen LogP contribution in [0.4, 0.5) is 0 Å². The Bertz CT molecular complexity index is 149. The molecule has 0 aromatic heterocycles. The van der Waals surface area contributed by atoms with E-state index in [0.717, 1.165) is 6.54 Å². The second-order valence-corrected chi connectivity index (χ2v) is 5.29. The Morgan fingerprint density at radius 3 is 2.75 bits per heavy atom. The molecule has 2 nitrogen and oxygen atoms in total. The average Bonchev–Trinajstić information content (AvgIpc) is 2.05. The van der Waals surface area contributed by atoms with Crippen LogP contribution in [0.3, 0.4) is 0 Å². The lowest BCUT2D eigenvalue weighted by Gasteiger charge is -2.44. The number of nitrogens with one attached hydrogen (secondary N) is 2. The highest BCUT2D eigenvalue weighted by Gasteiger charge is 2.35. The molecule has 2 saturated heterocycles. The number of rotatable bonds is 0. The fraction of sp³-hybridized carbons (Fsp3) is 1.00. The predicted molar refractivity (Wildman–Crippen MR) is 54.8 cm³/mol. The van der Waals surface area contributed by atoms with Crippen LogP contribution in [0.15, 0.2) is 0 Å². The summed E-state index contributed by atoms with van der Waals surface area (Å²) in [5.74, 6) is 2.67. The van der Waals surface area contributed by atoms with Gasteiger partial charge in [-0.3, -0.25) is 0 Å². The predicted octanol–water partition coefficient (Wildman–Crippen LogP) is 0.833. The molecule has 12 heavy (non-hydrogen) atoms. The van der Waals surface area contributed by atoms with E-state index in [1.165, 1.54) is 30.9 Å². The van der Waals surface area contributed by atoms with Gasteiger partial charge in [0.2, 0.25) is 0 Å². The summed E-state index contributed by atoms with van der Waals surface area (Å²) in [5.41, 5.74) is 0.447. The minimum Gasteiger partial charge on any atom is -0.313 e. The molecule has 2 aliphatic rings. The average molecular weight is 186 g/mol. The normalized spacial score (nSPS) is 35.2. The third-order valence-corrected chi connectivity index (χ3v) is 3.90. The highest BCUT2D eigenvalue weighted by molar-refractivity contribution is 7.99. The summed E-state index contributed by atoms with van der Waals surface area (Å²) in [7, 11) is 0. The zero-order chi connectivity index (χ0) is 8.44. The first-order valence-corrected chi connectivity index (χ1v) is 6.02. The first kappa shape index (κ1) is 8.85. The molecule has 70 valence electrons. The molecule has 2 fully saturated rings. The Morgan fingerprint density at radius 1 is 1.33 bits per heavy atom. The lowest BCUT2D eigenvalue weighted by molar-refractivity contribution is 0.216. The summed E-state index contributed by atoms with van der Waals surface area (Å²) in [6.45, 7) is 4.59. The molecule has 0 amide bonds. The molecule has 0 aromatic rings. The number of hydrogen-bond donors (Lipinski definition) is 2. The summed E-state index contributed by atoms with van der Waals surface area (Å²) in [5, 5.41) is 7.28. The van der Waals surface area contributed by atoms with Crippen molar-refractivity contribution in [1.82, 2.24) is 10.6 Å². The molecule has 1 spiro atoms. The maximum Gasteiger partial charge on any atom is 0.0324 e. The summed E-state index contributed by atoms with van der Waals surface area (Å²) in [6.07, 6.45) is 2.68. The van der Waals surface area contributed by atoms with Gasteiger partial charge in [0.25, 0.3) is 0 Å². The van der Waals surface area contributed by atoms with Crippen molar-refractivity contribution in [3.05, 3.63) is 0 Å². The molecule has 1 unspecified atom stereocenters. The van der Waals surface area contributed by atoms with Crippen LogP contribution in [-0.4, -0.2) is 36.2 Å². The van der Waals surface area contributed by atoms with Crippen molar-refractivity contribution < 1.29 is 0 Å². The van der Waals surface area contributed by atoms with Gasteiger partial charge in [0.05, 0.1) is 0 Å². The van der Waals surface area contributed by atoms with E-state index in [2.05, 4.69) is 29.3 Å². The Balaban J connectivity index is 1.97. The van der Waals surface area contributed by atoms with Crippen molar-refractivity contribution >= 4 is 11.8 Å². The zero-order valence-corrected chi connectivity index (χ0v) is 8.54. The first-order valence-electron chi connectivity index (χ1n) is 4.87. The van der Waals surface area contributed by atoms with Gasteiger partial charge in [-0.15, -0.1) is 0 Å². The zero-order valence-electron chi connectivity index (χ0n) is 7.73. The van der Waals surface area contributed by atoms with E-state index >= 15 is 0 Å². The minimum atomic E-state index is 0.447. The molecule has 0 aromatic carbocycles. The van der Waals surface area contributed by atoms with Crippen molar-refractivity contribution in [3.8, 4) is 0 Å². The van der Waals surface area contributed by atoms with E-state index in [1.807, 2.05) is 0 Å². The van der Waals surface area contributed by atoms with Gasteiger partial charge in [-0.05, 0) is 31.3 Å². The Hall–Kier alpha value is 0.270. The molecule has 0 bridgehead atoms. The summed E-state index contributed by atoms with van der Waals surface area (Å²) in [4.78, 5) is 0. The van der Waals surface area contributed by atoms with Crippen LogP contribution in [-0.2, 0) is 0 Å². The fourth-order valence-electron chi connectivity index (χ4n) is 2.24. The standard InChI is InChI=1S/C9H18N2S/c1-8-6-10-7-9(11-8)2-4-12-5-3-9/h8,10-11H,2-7H2,1H3. The number of hydrogen-bond acceptors (Lipinski definition) is 3. The van der Waals surface area contributed by atoms with E-state index in [0.29, 0.717) is 11.6 Å². The van der Waals surface area contributed by atoms with Gasteiger partial charge in [0.15, 0.2) is 0 Å². The molecule has 0 aliphatic carbocycles. The van der Waals surface area contributed by atoms with Gasteiger partial charge in [0, 0.05) is 24.7 Å². The van der Waals surface area contributed by atoms with Crippen molar-refractivity contribution in [3.63, 3.8) is 0 Å². The van der Waals surface area contributed by atoms with Gasteiger partial charge in [-0.2, -0.15) is 11.8 Å². The van der Waals surface area contributed by atoms with E-state index in [-0.39, 0.29) is 0 Å². The van der Waals surface area contributed by atoms with Crippen molar-refractivity contribution in [2.75, 3.05) is 24.6 Å². The molecule has 2 aliphatic heterocycles. The van der Waals surface area contributed by atoms with Crippen LogP contribution in [0.5, 0.6) is 0 Å². The number of thioether (sulfide) groups is 1. The molecule has 3 heteroatoms. The quantitative estimate of drug-likeness (QED) is 0.586. The lowest BCUT2D eigenvalue weighted by atomic mass is 9.89. The maximum atomic E-state index is 3.76. The van der Waals surface area contributed by atoms with Crippen molar-refractivity contribution in [2.24, 2.45) is 0 Å². The third kappa shape index (κ3) is 1.78. The van der Waals surface area contributed by atoms with Crippen LogP contribution in [0.2, 0.25) is 0 Å². The van der Waals surface area contributed by atoms with Crippen LogP contribution in [0.25, 0.3) is 0 Å². The highest BCUT2D eigenvalue weighted by Crippen LogP contribution is 2.28. The number of piperazine rings is 1. The summed E-state index contributed by atoms with van der Waals surface area (Å²) >= 11 is 2.10. The molecule has 2 heterocycles. The Morgan fingerprint density at radius 2 is 2.08 bits per heavy atom. The third-order valence-electron chi connectivity index (χ3n) is 2.92. The van der Waals surface area contributed by atoms with Crippen LogP contribution < -0.4 is 10.6 Å². The fourth-order valence-corrected chi connectivity index (χ4v) is 3.51. The first-order chi connectivity index (χ1) is 5.81. The molecule has 0 saturated carbocycles. The maximum absolute atomic E-state index is 3.76. The van der Waals surface area contributed by atoms with Crippen LogP contribution in [0.1, 0.15) is 19.8 Å². The Kier molecular flexibility index (Phi) is 2.63. The van der Waals surface area contributed by atoms with Crippen molar-refractivity contribution in [2.45, 2.75) is 31.3 Å². The topological polar surface area (TPSA) is 24.1 Å². The van der Waals surface area contributed by atoms with Gasteiger partial charge in [-0.1, -0.05) is 0 Å². The highest BCUT2D eigenvalue weighted by atomic mass is 32.2. The molecule has 2 N–H and O–H groups in total. The van der Waals surface area contributed by atoms with Gasteiger partial charge in [0.1, 0.15) is 0 Å². The SMILES string of the molecule is CC1CNCC2(CCSCC2)N1. The van der Waals surface area contributed by atoms with E-state index in [4.69, 9.17) is 0 Å². The molecular weight excluding hydrogens is 168 g/mol. The molecule has 0 radical (unpaired) electrons. The van der Waals surface area contributed by atoms with Crippen molar-refractivity contribution in [1.29, 1.82) is 0 Å². The van der Waals surface area contributed by atoms with Gasteiger partial charge in [-0.25, -0.2) is 0 Å². The van der Waals surface area contributed by atoms with E-state index in [9.17, 15) is 0 Å².